The Kier molecular flexibility index (Phi) is 4.70. The molecule has 0 aromatic heterocycles. The van der Waals surface area contributed by atoms with E-state index in [1.807, 2.05) is 6.92 Å². The Morgan fingerprint density at radius 3 is 2.67 bits per heavy atom. The molecule has 0 aliphatic rings. The Labute approximate surface area is 58.8 Å². The summed E-state index contributed by atoms with van der Waals surface area (Å²) in [7, 11) is 0. The highest BCUT2D eigenvalue weighted by atomic mass is 32.2. The van der Waals surface area contributed by atoms with Crippen molar-refractivity contribution in [1.29, 1.82) is 5.41 Å². The third-order valence-electron chi connectivity index (χ3n) is 0.981. The van der Waals surface area contributed by atoms with Crippen LogP contribution < -0.4 is 17.0 Å². The molecular formula is C4H12N4S. The predicted octanol–water partition coefficient (Wildman–Crippen LogP) is -0.537. The van der Waals surface area contributed by atoms with Crippen molar-refractivity contribution in [2.24, 2.45) is 11.6 Å². The van der Waals surface area contributed by atoms with Gasteiger partial charge in [-0.2, -0.15) is 0 Å². The lowest BCUT2D eigenvalue weighted by molar-refractivity contribution is 0.556. The fraction of sp³-hybridized carbons (Fsp3) is 0.750. The van der Waals surface area contributed by atoms with Crippen LogP contribution in [0.25, 0.3) is 0 Å². The second-order valence-corrected chi connectivity index (χ2v) is 2.73. The number of nitrogens with one attached hydrogen (secondary N) is 2. The maximum absolute atomic E-state index is 6.69. The Morgan fingerprint density at radius 2 is 2.33 bits per heavy atom. The van der Waals surface area contributed by atoms with E-state index in [2.05, 4.69) is 5.43 Å². The molecule has 0 aliphatic heterocycles. The van der Waals surface area contributed by atoms with Gasteiger partial charge in [0.1, 0.15) is 0 Å². The minimum Gasteiger partial charge on any atom is -0.318 e. The molecule has 54 valence electrons. The first-order chi connectivity index (χ1) is 4.22. The van der Waals surface area contributed by atoms with E-state index in [0.29, 0.717) is 0 Å². The van der Waals surface area contributed by atoms with Gasteiger partial charge in [0, 0.05) is 6.04 Å². The Balaban J connectivity index is 3.44. The van der Waals surface area contributed by atoms with E-state index < -0.39 is 0 Å². The van der Waals surface area contributed by atoms with E-state index in [9.17, 15) is 0 Å². The van der Waals surface area contributed by atoms with Crippen molar-refractivity contribution in [2.45, 2.75) is 18.3 Å². The van der Waals surface area contributed by atoms with Crippen LogP contribution >= 0.6 is 11.8 Å². The van der Waals surface area contributed by atoms with Gasteiger partial charge < -0.3 is 11.1 Å². The molecule has 0 aromatic carbocycles. The minimum atomic E-state index is -0.132. The van der Waals surface area contributed by atoms with Crippen molar-refractivity contribution >= 4 is 17.3 Å². The van der Waals surface area contributed by atoms with Crippen LogP contribution in [0.5, 0.6) is 0 Å². The highest BCUT2D eigenvalue weighted by Gasteiger charge is 2.08. The van der Waals surface area contributed by atoms with Gasteiger partial charge >= 0.3 is 0 Å². The van der Waals surface area contributed by atoms with Crippen LogP contribution in [0.15, 0.2) is 0 Å². The van der Waals surface area contributed by atoms with Gasteiger partial charge in [-0.05, 0) is 6.92 Å². The molecule has 6 N–H and O–H groups in total. The van der Waals surface area contributed by atoms with Crippen LogP contribution in [0, 0.1) is 5.41 Å². The SMILES string of the molecule is C[C@H](NN)C(N)SC=N. The fourth-order valence-corrected chi connectivity index (χ4v) is 0.763. The van der Waals surface area contributed by atoms with Crippen LogP contribution in [-0.4, -0.2) is 17.0 Å². The summed E-state index contributed by atoms with van der Waals surface area (Å²) < 4.78 is 0. The summed E-state index contributed by atoms with van der Waals surface area (Å²) in [5, 5.41) is 6.56. The predicted molar refractivity (Wildman–Crippen MR) is 41.1 cm³/mol. The van der Waals surface area contributed by atoms with Crippen LogP contribution in [0.2, 0.25) is 0 Å². The molecule has 9 heavy (non-hydrogen) atoms. The van der Waals surface area contributed by atoms with Gasteiger partial charge in [-0.1, -0.05) is 11.8 Å². The first-order valence-corrected chi connectivity index (χ1v) is 3.52. The number of nitrogens with two attached hydrogens (primary N) is 2. The minimum absolute atomic E-state index is 0.0385. The summed E-state index contributed by atoms with van der Waals surface area (Å²) in [6.07, 6.45) is 0. The summed E-state index contributed by atoms with van der Waals surface area (Å²) in [5.74, 6) is 5.08. The molecule has 0 saturated heterocycles. The zero-order valence-corrected chi connectivity index (χ0v) is 6.11. The average molecular weight is 148 g/mol. The third-order valence-corrected chi connectivity index (χ3v) is 1.84. The second kappa shape index (κ2) is 4.75. The quantitative estimate of drug-likeness (QED) is 0.142. The zero-order chi connectivity index (χ0) is 7.28. The molecule has 0 heterocycles. The molecular weight excluding hydrogens is 136 g/mol. The van der Waals surface area contributed by atoms with Crippen molar-refractivity contribution in [2.75, 3.05) is 0 Å². The molecule has 0 saturated carbocycles. The first kappa shape index (κ1) is 8.90. The lowest BCUT2D eigenvalue weighted by Crippen LogP contribution is -2.44. The number of hydrogen-bond acceptors (Lipinski definition) is 5. The fourth-order valence-electron chi connectivity index (χ4n) is 0.291. The van der Waals surface area contributed by atoms with Crippen LogP contribution in [0.4, 0.5) is 0 Å². The van der Waals surface area contributed by atoms with Crippen molar-refractivity contribution in [3.05, 3.63) is 0 Å². The summed E-state index contributed by atoms with van der Waals surface area (Å²) in [6.45, 7) is 1.86. The number of hydrazine groups is 1. The van der Waals surface area contributed by atoms with Crippen LogP contribution in [-0.2, 0) is 0 Å². The molecule has 0 aliphatic carbocycles. The molecule has 0 fully saturated rings. The number of rotatable bonds is 4. The highest BCUT2D eigenvalue weighted by Crippen LogP contribution is 2.03. The monoisotopic (exact) mass is 148 g/mol. The molecule has 0 aromatic rings. The standard InChI is InChI=1S/C4H12N4S/c1-3(8-7)4(6)9-2-5/h2-5,8H,6-7H2,1H3/t3-,4?/m0/s1. The maximum atomic E-state index is 6.69. The molecule has 0 amide bonds. The number of thioether (sulfide) groups is 1. The van der Waals surface area contributed by atoms with Crippen molar-refractivity contribution < 1.29 is 0 Å². The molecule has 5 heteroatoms. The van der Waals surface area contributed by atoms with Crippen LogP contribution in [0.1, 0.15) is 6.92 Å². The van der Waals surface area contributed by atoms with Gasteiger partial charge in [0.2, 0.25) is 0 Å². The summed E-state index contributed by atoms with van der Waals surface area (Å²) in [5.41, 5.74) is 9.21. The van der Waals surface area contributed by atoms with E-state index in [4.69, 9.17) is 17.0 Å². The number of hydrogen-bond donors (Lipinski definition) is 4. The van der Waals surface area contributed by atoms with Gasteiger partial charge in [-0.25, -0.2) is 0 Å². The zero-order valence-electron chi connectivity index (χ0n) is 5.29. The van der Waals surface area contributed by atoms with E-state index in [-0.39, 0.29) is 11.4 Å². The van der Waals surface area contributed by atoms with E-state index >= 15 is 0 Å². The molecule has 0 bridgehead atoms. The Morgan fingerprint density at radius 1 is 1.78 bits per heavy atom. The van der Waals surface area contributed by atoms with E-state index in [1.165, 1.54) is 17.3 Å². The lowest BCUT2D eigenvalue weighted by atomic mass is 10.4. The first-order valence-electron chi connectivity index (χ1n) is 2.58. The lowest BCUT2D eigenvalue weighted by Gasteiger charge is -2.15. The van der Waals surface area contributed by atoms with E-state index in [1.54, 1.807) is 0 Å². The second-order valence-electron chi connectivity index (χ2n) is 1.67. The van der Waals surface area contributed by atoms with Gasteiger partial charge in [0.05, 0.1) is 10.9 Å². The maximum Gasteiger partial charge on any atom is 0.0729 e. The summed E-state index contributed by atoms with van der Waals surface area (Å²) >= 11 is 1.24. The highest BCUT2D eigenvalue weighted by molar-refractivity contribution is 8.12. The van der Waals surface area contributed by atoms with Crippen molar-refractivity contribution in [3.63, 3.8) is 0 Å². The summed E-state index contributed by atoms with van der Waals surface area (Å²) in [4.78, 5) is 0. The molecule has 0 radical (unpaired) electrons. The van der Waals surface area contributed by atoms with Gasteiger partial charge in [-0.15, -0.1) is 0 Å². The molecule has 4 nitrogen and oxygen atoms in total. The average Bonchev–Trinajstić information content (AvgIpc) is 1.87. The topological polar surface area (TPSA) is 87.9 Å². The van der Waals surface area contributed by atoms with Crippen molar-refractivity contribution in [3.8, 4) is 0 Å². The Hall–Kier alpha value is -0.100. The van der Waals surface area contributed by atoms with E-state index in [0.717, 1.165) is 0 Å². The normalized spacial score (nSPS) is 16.8. The summed E-state index contributed by atoms with van der Waals surface area (Å²) in [6, 6.07) is 0.0385. The van der Waals surface area contributed by atoms with Crippen molar-refractivity contribution in [1.82, 2.24) is 5.43 Å². The van der Waals surface area contributed by atoms with Crippen LogP contribution in [0.3, 0.4) is 0 Å². The van der Waals surface area contributed by atoms with Gasteiger partial charge in [0.15, 0.2) is 0 Å². The molecule has 1 unspecified atom stereocenters. The molecule has 0 spiro atoms. The molecule has 2 atom stereocenters. The Bertz CT molecular complexity index is 86.6. The smallest absolute Gasteiger partial charge is 0.0729 e. The van der Waals surface area contributed by atoms with Gasteiger partial charge in [-0.3, -0.25) is 11.3 Å². The third kappa shape index (κ3) is 3.47. The van der Waals surface area contributed by atoms with Gasteiger partial charge in [0.25, 0.3) is 0 Å². The largest absolute Gasteiger partial charge is 0.318 e. The molecule has 0 rings (SSSR count).